The summed E-state index contributed by atoms with van der Waals surface area (Å²) in [6.45, 7) is 0. The van der Waals surface area contributed by atoms with Gasteiger partial charge in [-0.05, 0) is 61.1 Å². The maximum absolute atomic E-state index is 10.2. The zero-order valence-electron chi connectivity index (χ0n) is 10.7. The average Bonchev–Trinajstić information content (AvgIpc) is 2.48. The number of aryl methyl sites for hydroxylation is 2. The minimum atomic E-state index is 0.856. The molecule has 3 rings (SSSR count). The Morgan fingerprint density at radius 1 is 0.895 bits per heavy atom. The minimum absolute atomic E-state index is 0.856. The van der Waals surface area contributed by atoms with Crippen LogP contribution in [0.4, 0.5) is 5.69 Å². The minimum Gasteiger partial charge on any atom is -0.277 e. The molecule has 19 heavy (non-hydrogen) atoms. The van der Waals surface area contributed by atoms with Crippen molar-refractivity contribution in [3.63, 3.8) is 0 Å². The summed E-state index contributed by atoms with van der Waals surface area (Å²) in [4.78, 5) is 1.03. The van der Waals surface area contributed by atoms with Crippen molar-refractivity contribution in [3.05, 3.63) is 59.7 Å². The molecule has 0 spiro atoms. The van der Waals surface area contributed by atoms with Crippen LogP contribution in [0.1, 0.15) is 24.0 Å². The van der Waals surface area contributed by atoms with Crippen LogP contribution in [-0.4, -0.2) is 5.21 Å². The van der Waals surface area contributed by atoms with Gasteiger partial charge in [0.25, 0.3) is 0 Å². The number of fused-ring (bicyclic) bond motifs is 1. The fourth-order valence-electron chi connectivity index (χ4n) is 2.47. The van der Waals surface area contributed by atoms with Crippen LogP contribution in [0.15, 0.2) is 53.4 Å². The molecule has 1 aliphatic rings. The van der Waals surface area contributed by atoms with Gasteiger partial charge in [0.05, 0.1) is 5.69 Å². The predicted molar refractivity (Wildman–Crippen MR) is 79.6 cm³/mol. The first kappa shape index (κ1) is 12.6. The molecule has 0 heterocycles. The highest BCUT2D eigenvalue weighted by atomic mass is 32.2. The van der Waals surface area contributed by atoms with Crippen molar-refractivity contribution < 1.29 is 5.21 Å². The molecule has 0 bridgehead atoms. The van der Waals surface area contributed by atoms with Gasteiger partial charge in [0, 0.05) is 16.8 Å². The van der Waals surface area contributed by atoms with Crippen molar-refractivity contribution in [2.45, 2.75) is 30.6 Å². The second-order valence-electron chi connectivity index (χ2n) is 4.84. The molecule has 1 aliphatic carbocycles. The van der Waals surface area contributed by atoms with Crippen molar-refractivity contribution >= 4 is 17.6 Å². The van der Waals surface area contributed by atoms with Crippen LogP contribution in [-0.2, 0) is 12.8 Å². The third-order valence-corrected chi connectivity index (χ3v) is 4.35. The van der Waals surface area contributed by atoms with Gasteiger partial charge in [-0.25, -0.2) is 0 Å². The number of hydrogen-bond acceptors (Lipinski definition) is 3. The Bertz CT molecular complexity index is 556. The Balaban J connectivity index is 1.78. The van der Waals surface area contributed by atoms with Gasteiger partial charge in [-0.1, -0.05) is 24.3 Å². The smallest absolute Gasteiger partial charge is 0.0770 e. The average molecular weight is 271 g/mol. The summed E-state index contributed by atoms with van der Waals surface area (Å²) in [6, 6.07) is 16.2. The van der Waals surface area contributed by atoms with Gasteiger partial charge in [-0.2, -0.15) is 4.47 Å². The predicted octanol–water partition coefficient (Wildman–Crippen LogP) is 4.47. The molecule has 0 radical (unpaired) electrons. The van der Waals surface area contributed by atoms with Crippen LogP contribution in [0, 0.1) is 0 Å². The lowest BCUT2D eigenvalue weighted by Gasteiger charge is -2.20. The van der Waals surface area contributed by atoms with E-state index in [4.69, 9.17) is 0 Å². The van der Waals surface area contributed by atoms with Crippen LogP contribution in [0.3, 0.4) is 0 Å². The van der Waals surface area contributed by atoms with E-state index in [1.807, 2.05) is 36.4 Å². The molecule has 0 saturated carbocycles. The van der Waals surface area contributed by atoms with Crippen LogP contribution < -0.4 is 4.47 Å². The van der Waals surface area contributed by atoms with E-state index in [2.05, 4.69) is 12.1 Å². The molecule has 0 aromatic heterocycles. The lowest BCUT2D eigenvalue weighted by Crippen LogP contribution is -2.09. The summed E-state index contributed by atoms with van der Waals surface area (Å²) >= 11 is 1.34. The number of hydrogen-bond donors (Lipinski definition) is 1. The maximum Gasteiger partial charge on any atom is 0.0770 e. The number of benzene rings is 2. The summed E-state index contributed by atoms with van der Waals surface area (Å²) < 4.78 is 1.25. The molecule has 0 saturated heterocycles. The van der Waals surface area contributed by atoms with Crippen molar-refractivity contribution in [3.8, 4) is 0 Å². The molecule has 0 fully saturated rings. The van der Waals surface area contributed by atoms with Crippen molar-refractivity contribution in [2.75, 3.05) is 4.47 Å². The second-order valence-corrected chi connectivity index (χ2v) is 5.84. The van der Waals surface area contributed by atoms with Crippen LogP contribution in [0.5, 0.6) is 0 Å². The van der Waals surface area contributed by atoms with E-state index >= 15 is 0 Å². The van der Waals surface area contributed by atoms with Gasteiger partial charge in [0.15, 0.2) is 0 Å². The van der Waals surface area contributed by atoms with Gasteiger partial charge >= 0.3 is 0 Å². The Hall–Kier alpha value is -1.45. The molecule has 3 heteroatoms. The third-order valence-electron chi connectivity index (χ3n) is 3.49. The van der Waals surface area contributed by atoms with Crippen LogP contribution in [0.25, 0.3) is 0 Å². The number of anilines is 1. The third kappa shape index (κ3) is 2.94. The fourth-order valence-corrected chi connectivity index (χ4v) is 3.17. The number of rotatable bonds is 3. The second kappa shape index (κ2) is 5.68. The molecule has 2 aromatic carbocycles. The van der Waals surface area contributed by atoms with Gasteiger partial charge < -0.3 is 0 Å². The molecule has 0 aliphatic heterocycles. The molecular weight excluding hydrogens is 254 g/mol. The van der Waals surface area contributed by atoms with E-state index in [-0.39, 0.29) is 0 Å². The zero-order chi connectivity index (χ0) is 13.1. The molecular formula is C16H17NOS. The Morgan fingerprint density at radius 3 is 2.42 bits per heavy atom. The monoisotopic (exact) mass is 271 g/mol. The van der Waals surface area contributed by atoms with Crippen molar-refractivity contribution in [1.82, 2.24) is 0 Å². The normalized spacial score (nSPS) is 13.9. The quantitative estimate of drug-likeness (QED) is 0.658. The van der Waals surface area contributed by atoms with E-state index in [0.29, 0.717) is 0 Å². The molecule has 1 N–H and O–H groups in total. The van der Waals surface area contributed by atoms with Gasteiger partial charge in [0.1, 0.15) is 0 Å². The first-order valence-corrected chi connectivity index (χ1v) is 7.44. The summed E-state index contributed by atoms with van der Waals surface area (Å²) in [5.74, 6) is 0. The summed E-state index contributed by atoms with van der Waals surface area (Å²) in [5.41, 5.74) is 3.68. The Kier molecular flexibility index (Phi) is 3.76. The molecule has 98 valence electrons. The zero-order valence-corrected chi connectivity index (χ0v) is 11.6. The van der Waals surface area contributed by atoms with Crippen molar-refractivity contribution in [1.29, 1.82) is 0 Å². The van der Waals surface area contributed by atoms with Crippen LogP contribution >= 0.6 is 11.9 Å². The summed E-state index contributed by atoms with van der Waals surface area (Å²) in [6.07, 6.45) is 4.85. The van der Waals surface area contributed by atoms with E-state index in [1.54, 1.807) is 0 Å². The molecule has 0 atom stereocenters. The highest BCUT2D eigenvalue weighted by Gasteiger charge is 2.12. The lowest BCUT2D eigenvalue weighted by molar-refractivity contribution is 0.332. The highest BCUT2D eigenvalue weighted by molar-refractivity contribution is 8.00. The summed E-state index contributed by atoms with van der Waals surface area (Å²) in [7, 11) is 0. The summed E-state index contributed by atoms with van der Waals surface area (Å²) in [5, 5.41) is 10.2. The van der Waals surface area contributed by atoms with Crippen molar-refractivity contribution in [2.24, 2.45) is 0 Å². The SMILES string of the molecule is ON(Sc1ccccc1)c1ccc2c(c1)CCCC2. The molecule has 0 unspecified atom stereocenters. The Morgan fingerprint density at radius 2 is 1.63 bits per heavy atom. The standard InChI is InChI=1S/C16H17NOS/c18-17(19-16-8-2-1-3-9-16)15-11-10-13-6-4-5-7-14(13)12-15/h1-3,8-12,18H,4-7H2. The number of nitrogens with zero attached hydrogens (tertiary/aromatic N) is 1. The highest BCUT2D eigenvalue weighted by Crippen LogP contribution is 2.30. The van der Waals surface area contributed by atoms with E-state index in [1.165, 1.54) is 46.8 Å². The lowest BCUT2D eigenvalue weighted by atomic mass is 9.91. The molecule has 0 amide bonds. The molecule has 2 nitrogen and oxygen atoms in total. The first-order chi connectivity index (χ1) is 9.33. The van der Waals surface area contributed by atoms with E-state index < -0.39 is 0 Å². The van der Waals surface area contributed by atoms with Gasteiger partial charge in [-0.3, -0.25) is 5.21 Å². The van der Waals surface area contributed by atoms with Gasteiger partial charge in [0.2, 0.25) is 0 Å². The molecule has 2 aromatic rings. The topological polar surface area (TPSA) is 23.5 Å². The van der Waals surface area contributed by atoms with E-state index in [9.17, 15) is 5.21 Å². The fraction of sp³-hybridized carbons (Fsp3) is 0.250. The van der Waals surface area contributed by atoms with E-state index in [0.717, 1.165) is 17.0 Å². The largest absolute Gasteiger partial charge is 0.277 e. The maximum atomic E-state index is 10.2. The first-order valence-electron chi connectivity index (χ1n) is 6.67. The van der Waals surface area contributed by atoms with Gasteiger partial charge in [-0.15, -0.1) is 0 Å². The van der Waals surface area contributed by atoms with Crippen LogP contribution in [0.2, 0.25) is 0 Å². The Labute approximate surface area is 118 Å².